The first-order valence-corrected chi connectivity index (χ1v) is 7.24. The lowest BCUT2D eigenvalue weighted by molar-refractivity contribution is 0.0945. The molecule has 2 heterocycles. The average Bonchev–Trinajstić information content (AvgIpc) is 2.63. The van der Waals surface area contributed by atoms with Gasteiger partial charge in [-0.05, 0) is 54.1 Å². The van der Waals surface area contributed by atoms with E-state index < -0.39 is 0 Å². The highest BCUT2D eigenvalue weighted by Gasteiger charge is 2.08. The molecular formula is C17H14FN5O. The zero-order chi connectivity index (χ0) is 16.8. The van der Waals surface area contributed by atoms with Crippen molar-refractivity contribution in [1.29, 1.82) is 0 Å². The summed E-state index contributed by atoms with van der Waals surface area (Å²) in [5.74, 6) is -0.159. The Bertz CT molecular complexity index is 807. The van der Waals surface area contributed by atoms with E-state index in [1.807, 2.05) is 12.1 Å². The standard InChI is InChI=1S/C17H14FN5O/c18-13-1-3-14(4-2-13)21-16-6-5-15(22-23-16)17(24)20-11-12-7-9-19-10-8-12/h1-10H,11H2,(H,20,24)(H,21,23). The van der Waals surface area contributed by atoms with Gasteiger partial charge in [0.05, 0.1) is 0 Å². The number of amides is 1. The quantitative estimate of drug-likeness (QED) is 0.754. The molecule has 0 saturated heterocycles. The molecule has 2 N–H and O–H groups in total. The van der Waals surface area contributed by atoms with Crippen LogP contribution in [-0.2, 0) is 6.54 Å². The molecule has 7 heteroatoms. The van der Waals surface area contributed by atoms with E-state index >= 15 is 0 Å². The van der Waals surface area contributed by atoms with Crippen molar-refractivity contribution >= 4 is 17.4 Å². The Morgan fingerprint density at radius 3 is 2.38 bits per heavy atom. The lowest BCUT2D eigenvalue weighted by Crippen LogP contribution is -2.24. The zero-order valence-electron chi connectivity index (χ0n) is 12.6. The molecule has 0 atom stereocenters. The predicted molar refractivity (Wildman–Crippen MR) is 87.1 cm³/mol. The van der Waals surface area contributed by atoms with Crippen molar-refractivity contribution in [1.82, 2.24) is 20.5 Å². The number of rotatable bonds is 5. The highest BCUT2D eigenvalue weighted by molar-refractivity contribution is 5.92. The molecule has 1 aromatic carbocycles. The molecule has 3 rings (SSSR count). The molecule has 1 amide bonds. The maximum Gasteiger partial charge on any atom is 0.272 e. The average molecular weight is 323 g/mol. The predicted octanol–water partition coefficient (Wildman–Crippen LogP) is 2.68. The summed E-state index contributed by atoms with van der Waals surface area (Å²) in [6.07, 6.45) is 3.33. The van der Waals surface area contributed by atoms with Crippen LogP contribution in [0.25, 0.3) is 0 Å². The molecule has 2 aromatic heterocycles. The Morgan fingerprint density at radius 2 is 1.71 bits per heavy atom. The third-order valence-electron chi connectivity index (χ3n) is 3.22. The Balaban J connectivity index is 1.59. The minimum atomic E-state index is -0.312. The first-order chi connectivity index (χ1) is 11.7. The molecule has 3 aromatic rings. The fourth-order valence-electron chi connectivity index (χ4n) is 1.97. The van der Waals surface area contributed by atoms with E-state index in [1.54, 1.807) is 36.7 Å². The van der Waals surface area contributed by atoms with Gasteiger partial charge in [-0.2, -0.15) is 0 Å². The molecule has 0 fully saturated rings. The van der Waals surface area contributed by atoms with Crippen molar-refractivity contribution in [3.05, 3.63) is 78.0 Å². The highest BCUT2D eigenvalue weighted by atomic mass is 19.1. The third kappa shape index (κ3) is 4.10. The molecule has 0 unspecified atom stereocenters. The van der Waals surface area contributed by atoms with Crippen LogP contribution in [0.1, 0.15) is 16.1 Å². The molecule has 0 saturated carbocycles. The smallest absolute Gasteiger partial charge is 0.272 e. The van der Waals surface area contributed by atoms with Gasteiger partial charge in [-0.1, -0.05) is 0 Å². The van der Waals surface area contributed by atoms with Crippen molar-refractivity contribution in [2.24, 2.45) is 0 Å². The van der Waals surface area contributed by atoms with Crippen LogP contribution in [0.3, 0.4) is 0 Å². The van der Waals surface area contributed by atoms with Gasteiger partial charge in [0, 0.05) is 24.6 Å². The fourth-order valence-corrected chi connectivity index (χ4v) is 1.97. The summed E-state index contributed by atoms with van der Waals surface area (Å²) in [6.45, 7) is 0.388. The van der Waals surface area contributed by atoms with E-state index in [9.17, 15) is 9.18 Å². The van der Waals surface area contributed by atoms with Crippen LogP contribution in [-0.4, -0.2) is 21.1 Å². The van der Waals surface area contributed by atoms with Gasteiger partial charge in [0.15, 0.2) is 11.5 Å². The largest absolute Gasteiger partial charge is 0.347 e. The molecule has 0 aliphatic carbocycles. The zero-order valence-corrected chi connectivity index (χ0v) is 12.6. The molecular weight excluding hydrogens is 309 g/mol. The number of benzene rings is 1. The maximum atomic E-state index is 12.9. The van der Waals surface area contributed by atoms with Crippen LogP contribution in [0.2, 0.25) is 0 Å². The normalized spacial score (nSPS) is 10.2. The SMILES string of the molecule is O=C(NCc1ccncc1)c1ccc(Nc2ccc(F)cc2)nn1. The van der Waals surface area contributed by atoms with Gasteiger partial charge < -0.3 is 10.6 Å². The fraction of sp³-hybridized carbons (Fsp3) is 0.0588. The summed E-state index contributed by atoms with van der Waals surface area (Å²) in [7, 11) is 0. The van der Waals surface area contributed by atoms with Gasteiger partial charge in [-0.3, -0.25) is 9.78 Å². The maximum absolute atomic E-state index is 12.9. The minimum Gasteiger partial charge on any atom is -0.347 e. The molecule has 0 spiro atoms. The molecule has 120 valence electrons. The molecule has 0 radical (unpaired) electrons. The van der Waals surface area contributed by atoms with Crippen LogP contribution in [0.15, 0.2) is 60.9 Å². The lowest BCUT2D eigenvalue weighted by Gasteiger charge is -2.06. The second kappa shape index (κ2) is 7.28. The van der Waals surface area contributed by atoms with Gasteiger partial charge in [0.2, 0.25) is 0 Å². The number of aromatic nitrogens is 3. The number of halogens is 1. The van der Waals surface area contributed by atoms with Gasteiger partial charge in [-0.15, -0.1) is 10.2 Å². The van der Waals surface area contributed by atoms with Crippen LogP contribution in [0, 0.1) is 5.82 Å². The number of anilines is 2. The molecule has 0 bridgehead atoms. The summed E-state index contributed by atoms with van der Waals surface area (Å²) < 4.78 is 12.9. The number of hydrogen-bond donors (Lipinski definition) is 2. The van der Waals surface area contributed by atoms with E-state index in [-0.39, 0.29) is 17.4 Å². The minimum absolute atomic E-state index is 0.216. The van der Waals surface area contributed by atoms with Crippen molar-refractivity contribution < 1.29 is 9.18 Å². The Morgan fingerprint density at radius 1 is 0.958 bits per heavy atom. The summed E-state index contributed by atoms with van der Waals surface area (Å²) in [6, 6.07) is 12.7. The van der Waals surface area contributed by atoms with E-state index in [0.29, 0.717) is 18.1 Å². The first kappa shape index (κ1) is 15.5. The van der Waals surface area contributed by atoms with Gasteiger partial charge in [-0.25, -0.2) is 4.39 Å². The summed E-state index contributed by atoms with van der Waals surface area (Å²) >= 11 is 0. The van der Waals surface area contributed by atoms with E-state index in [1.165, 1.54) is 12.1 Å². The number of nitrogens with zero attached hydrogens (tertiary/aromatic N) is 3. The van der Waals surface area contributed by atoms with E-state index in [4.69, 9.17) is 0 Å². The summed E-state index contributed by atoms with van der Waals surface area (Å²) in [5.41, 5.74) is 1.84. The Hall–Kier alpha value is -3.35. The van der Waals surface area contributed by atoms with Crippen LogP contribution < -0.4 is 10.6 Å². The summed E-state index contributed by atoms with van der Waals surface area (Å²) in [5, 5.41) is 13.6. The van der Waals surface area contributed by atoms with Gasteiger partial charge in [0.25, 0.3) is 5.91 Å². The molecule has 0 aliphatic rings. The van der Waals surface area contributed by atoms with Gasteiger partial charge >= 0.3 is 0 Å². The van der Waals surface area contributed by atoms with Crippen LogP contribution in [0.5, 0.6) is 0 Å². The topological polar surface area (TPSA) is 79.8 Å². The Labute approximate surface area is 137 Å². The summed E-state index contributed by atoms with van der Waals surface area (Å²) in [4.78, 5) is 16.0. The number of nitrogens with one attached hydrogen (secondary N) is 2. The number of carbonyl (C=O) groups is 1. The lowest BCUT2D eigenvalue weighted by atomic mass is 10.2. The number of carbonyl (C=O) groups excluding carboxylic acids is 1. The number of pyridine rings is 1. The Kier molecular flexibility index (Phi) is 4.71. The third-order valence-corrected chi connectivity index (χ3v) is 3.22. The van der Waals surface area contributed by atoms with Crippen molar-refractivity contribution in [2.75, 3.05) is 5.32 Å². The number of hydrogen-bond acceptors (Lipinski definition) is 5. The van der Waals surface area contributed by atoms with Crippen LogP contribution >= 0.6 is 0 Å². The van der Waals surface area contributed by atoms with E-state index in [0.717, 1.165) is 5.56 Å². The second-order valence-electron chi connectivity index (χ2n) is 4.97. The molecule has 24 heavy (non-hydrogen) atoms. The molecule has 0 aliphatic heterocycles. The highest BCUT2D eigenvalue weighted by Crippen LogP contribution is 2.14. The molecule has 6 nitrogen and oxygen atoms in total. The van der Waals surface area contributed by atoms with Gasteiger partial charge in [0.1, 0.15) is 5.82 Å². The van der Waals surface area contributed by atoms with Crippen molar-refractivity contribution in [3.8, 4) is 0 Å². The van der Waals surface area contributed by atoms with Crippen LogP contribution in [0.4, 0.5) is 15.9 Å². The monoisotopic (exact) mass is 323 g/mol. The first-order valence-electron chi connectivity index (χ1n) is 7.24. The van der Waals surface area contributed by atoms with Crippen molar-refractivity contribution in [3.63, 3.8) is 0 Å². The van der Waals surface area contributed by atoms with Crippen molar-refractivity contribution in [2.45, 2.75) is 6.54 Å². The second-order valence-corrected chi connectivity index (χ2v) is 4.97. The van der Waals surface area contributed by atoms with E-state index in [2.05, 4.69) is 25.8 Å².